The molecule has 0 bridgehead atoms. The van der Waals surface area contributed by atoms with Crippen LogP contribution in [0.5, 0.6) is 5.75 Å². The van der Waals surface area contributed by atoms with Crippen LogP contribution in [-0.4, -0.2) is 17.9 Å². The third kappa shape index (κ3) is 3.36. The number of fused-ring (bicyclic) bond motifs is 3. The number of para-hydroxylation sites is 1. The van der Waals surface area contributed by atoms with Gasteiger partial charge in [0.25, 0.3) is 0 Å². The van der Waals surface area contributed by atoms with Crippen LogP contribution >= 0.6 is 11.3 Å². The Balaban J connectivity index is 1.52. The number of halogens is 1. The minimum Gasteiger partial charge on any atom is -0.488 e. The number of rotatable bonds is 4. The van der Waals surface area contributed by atoms with E-state index < -0.39 is 17.9 Å². The quantitative estimate of drug-likeness (QED) is 0.477. The molecule has 1 aliphatic rings. The van der Waals surface area contributed by atoms with Gasteiger partial charge < -0.3 is 9.47 Å². The van der Waals surface area contributed by atoms with Crippen molar-refractivity contribution in [2.24, 2.45) is 0 Å². The number of thiophene rings is 1. The number of ether oxygens (including phenoxy) is 2. The van der Waals surface area contributed by atoms with Crippen molar-refractivity contribution in [1.29, 1.82) is 0 Å². The van der Waals surface area contributed by atoms with E-state index in [4.69, 9.17) is 9.47 Å². The van der Waals surface area contributed by atoms with Crippen molar-refractivity contribution in [3.63, 3.8) is 0 Å². The minimum atomic E-state index is -0.967. The largest absolute Gasteiger partial charge is 0.488 e. The lowest BCUT2D eigenvalue weighted by Crippen LogP contribution is -2.24. The van der Waals surface area contributed by atoms with E-state index >= 15 is 0 Å². The minimum absolute atomic E-state index is 0.296. The molecule has 4 rings (SSSR count). The Kier molecular flexibility index (Phi) is 4.49. The van der Waals surface area contributed by atoms with Gasteiger partial charge in [0.05, 0.1) is 0 Å². The summed E-state index contributed by atoms with van der Waals surface area (Å²) in [6.45, 7) is 1.90. The van der Waals surface area contributed by atoms with E-state index in [1.165, 1.54) is 42.5 Å². The van der Waals surface area contributed by atoms with Crippen molar-refractivity contribution in [2.45, 2.75) is 19.6 Å². The molecule has 2 aromatic carbocycles. The fourth-order valence-corrected chi connectivity index (χ4v) is 4.00. The van der Waals surface area contributed by atoms with Crippen LogP contribution in [0, 0.1) is 5.82 Å². The van der Waals surface area contributed by atoms with Gasteiger partial charge in [-0.2, -0.15) is 0 Å². The summed E-state index contributed by atoms with van der Waals surface area (Å²) in [4.78, 5) is 26.3. The number of esters is 1. The molecular weight excluding hydrogens is 367 g/mol. The molecule has 0 radical (unpaired) electrons. The normalized spacial score (nSPS) is 13.1. The highest BCUT2D eigenvalue weighted by Gasteiger charge is 2.25. The molecule has 4 nitrogen and oxygen atoms in total. The van der Waals surface area contributed by atoms with Crippen molar-refractivity contribution in [3.05, 3.63) is 76.4 Å². The summed E-state index contributed by atoms with van der Waals surface area (Å²) in [5.74, 6) is -0.581. The van der Waals surface area contributed by atoms with E-state index in [2.05, 4.69) is 0 Å². The molecule has 27 heavy (non-hydrogen) atoms. The van der Waals surface area contributed by atoms with Gasteiger partial charge >= 0.3 is 5.97 Å². The van der Waals surface area contributed by atoms with Crippen molar-refractivity contribution < 1.29 is 23.5 Å². The molecular formula is C21H15FO4S. The Morgan fingerprint density at radius 1 is 1.15 bits per heavy atom. The van der Waals surface area contributed by atoms with Gasteiger partial charge in [0.1, 0.15) is 23.1 Å². The number of ketones is 1. The molecule has 1 atom stereocenters. The number of carbonyl (C=O) groups excluding carboxylic acids is 2. The number of benzene rings is 2. The average Bonchev–Trinajstić information content (AvgIpc) is 3.13. The van der Waals surface area contributed by atoms with Crippen molar-refractivity contribution in [3.8, 4) is 16.2 Å². The standard InChI is InChI=1S/C21H15FO4S/c1-12(19(23)13-6-8-15(22)9-7-13)26-21(24)18-10-14-11-25-17-5-3-2-4-16(17)20(14)27-18/h2-10,12H,11H2,1H3. The molecule has 0 saturated carbocycles. The Bertz CT molecular complexity index is 1020. The van der Waals surface area contributed by atoms with E-state index in [9.17, 15) is 14.0 Å². The smallest absolute Gasteiger partial charge is 0.349 e. The molecule has 0 amide bonds. The van der Waals surface area contributed by atoms with Crippen LogP contribution in [0.15, 0.2) is 54.6 Å². The summed E-state index contributed by atoms with van der Waals surface area (Å²) < 4.78 is 24.0. The average molecular weight is 382 g/mol. The monoisotopic (exact) mass is 382 g/mol. The summed E-state index contributed by atoms with van der Waals surface area (Å²) in [7, 11) is 0. The van der Waals surface area contributed by atoms with Crippen LogP contribution in [0.4, 0.5) is 4.39 Å². The summed E-state index contributed by atoms with van der Waals surface area (Å²) in [6, 6.07) is 14.5. The molecule has 0 fully saturated rings. The summed E-state index contributed by atoms with van der Waals surface area (Å²) in [6.07, 6.45) is -0.967. The molecule has 1 aliphatic heterocycles. The lowest BCUT2D eigenvalue weighted by Gasteiger charge is -2.16. The number of hydrogen-bond acceptors (Lipinski definition) is 5. The summed E-state index contributed by atoms with van der Waals surface area (Å²) in [5.41, 5.74) is 2.16. The highest BCUT2D eigenvalue weighted by Crippen LogP contribution is 2.42. The zero-order valence-corrected chi connectivity index (χ0v) is 15.2. The third-order valence-corrected chi connectivity index (χ3v) is 5.50. The van der Waals surface area contributed by atoms with Crippen LogP contribution in [0.2, 0.25) is 0 Å². The maximum Gasteiger partial charge on any atom is 0.349 e. The fraction of sp³-hybridized carbons (Fsp3) is 0.143. The van der Waals surface area contributed by atoms with Gasteiger partial charge in [-0.3, -0.25) is 4.79 Å². The number of hydrogen-bond donors (Lipinski definition) is 0. The van der Waals surface area contributed by atoms with E-state index in [0.717, 1.165) is 21.8 Å². The molecule has 0 saturated heterocycles. The van der Waals surface area contributed by atoms with E-state index in [-0.39, 0.29) is 5.78 Å². The molecule has 0 N–H and O–H groups in total. The van der Waals surface area contributed by atoms with E-state index in [1.54, 1.807) is 6.07 Å². The lowest BCUT2D eigenvalue weighted by atomic mass is 10.1. The number of carbonyl (C=O) groups is 2. The van der Waals surface area contributed by atoms with Gasteiger partial charge in [-0.15, -0.1) is 11.3 Å². The van der Waals surface area contributed by atoms with Crippen molar-refractivity contribution >= 4 is 23.1 Å². The summed E-state index contributed by atoms with van der Waals surface area (Å²) >= 11 is 1.32. The number of Topliss-reactive ketones (excluding diaryl/α,β-unsaturated/α-hetero) is 1. The molecule has 6 heteroatoms. The van der Waals surface area contributed by atoms with Gasteiger partial charge in [-0.05, 0) is 49.4 Å². The molecule has 0 aliphatic carbocycles. The second kappa shape index (κ2) is 6.96. The molecule has 1 unspecified atom stereocenters. The molecule has 2 heterocycles. The van der Waals surface area contributed by atoms with Crippen molar-refractivity contribution in [1.82, 2.24) is 0 Å². The Morgan fingerprint density at radius 3 is 2.67 bits per heavy atom. The lowest BCUT2D eigenvalue weighted by molar-refractivity contribution is 0.0323. The predicted molar refractivity (Wildman–Crippen MR) is 99.7 cm³/mol. The second-order valence-corrected chi connectivity index (χ2v) is 7.22. The zero-order valence-electron chi connectivity index (χ0n) is 14.4. The first-order valence-electron chi connectivity index (χ1n) is 8.38. The predicted octanol–water partition coefficient (Wildman–Crippen LogP) is 4.87. The second-order valence-electron chi connectivity index (χ2n) is 6.17. The van der Waals surface area contributed by atoms with Gasteiger partial charge in [0.15, 0.2) is 6.10 Å². The molecule has 1 aromatic heterocycles. The van der Waals surface area contributed by atoms with E-state index in [1.807, 2.05) is 24.3 Å². The topological polar surface area (TPSA) is 52.6 Å². The highest BCUT2D eigenvalue weighted by atomic mass is 32.1. The van der Waals surface area contributed by atoms with Crippen LogP contribution < -0.4 is 4.74 Å². The van der Waals surface area contributed by atoms with Gasteiger partial charge in [-0.1, -0.05) is 12.1 Å². The first-order valence-corrected chi connectivity index (χ1v) is 9.20. The molecule has 0 spiro atoms. The van der Waals surface area contributed by atoms with Gasteiger partial charge in [0.2, 0.25) is 5.78 Å². The Hall–Kier alpha value is -2.99. The highest BCUT2D eigenvalue weighted by molar-refractivity contribution is 7.17. The SMILES string of the molecule is CC(OC(=O)c1cc2c(s1)-c1ccccc1OC2)C(=O)c1ccc(F)cc1. The van der Waals surface area contributed by atoms with Crippen LogP contribution in [0.3, 0.4) is 0 Å². The zero-order chi connectivity index (χ0) is 19.0. The van der Waals surface area contributed by atoms with E-state index in [0.29, 0.717) is 17.0 Å². The molecule has 3 aromatic rings. The van der Waals surface area contributed by atoms with Crippen molar-refractivity contribution in [2.75, 3.05) is 0 Å². The van der Waals surface area contributed by atoms with Crippen LogP contribution in [0.25, 0.3) is 10.4 Å². The molecule has 136 valence electrons. The first-order chi connectivity index (χ1) is 13.0. The Morgan fingerprint density at radius 2 is 1.89 bits per heavy atom. The van der Waals surface area contributed by atoms with Gasteiger partial charge in [0, 0.05) is 21.6 Å². The first kappa shape index (κ1) is 17.4. The Labute approximate surface area is 159 Å². The fourth-order valence-electron chi connectivity index (χ4n) is 2.92. The summed E-state index contributed by atoms with van der Waals surface area (Å²) in [5, 5.41) is 0. The third-order valence-electron chi connectivity index (χ3n) is 4.31. The van der Waals surface area contributed by atoms with Crippen LogP contribution in [0.1, 0.15) is 32.5 Å². The maximum absolute atomic E-state index is 13.0. The van der Waals surface area contributed by atoms with Gasteiger partial charge in [-0.25, -0.2) is 9.18 Å². The van der Waals surface area contributed by atoms with Crippen LogP contribution in [-0.2, 0) is 11.3 Å². The maximum atomic E-state index is 13.0.